The fraction of sp³-hybridized carbons (Fsp3) is 0.314. The zero-order valence-corrected chi connectivity index (χ0v) is 25.0. The maximum Gasteiger partial charge on any atom is 0.408 e. The summed E-state index contributed by atoms with van der Waals surface area (Å²) in [5, 5.41) is 15.1. The van der Waals surface area contributed by atoms with Gasteiger partial charge in [0, 0.05) is 19.5 Å². The lowest BCUT2D eigenvalue weighted by Crippen LogP contribution is -2.44. The number of amides is 3. The van der Waals surface area contributed by atoms with Crippen LogP contribution in [0.1, 0.15) is 42.1 Å². The topological polar surface area (TPSA) is 134 Å². The molecule has 0 saturated carbocycles. The number of hydrogen-bond acceptors (Lipinski definition) is 7. The minimum atomic E-state index is -1.04. The molecule has 0 spiro atoms. The molecule has 236 valence electrons. The number of alkyl carbamates (subject to hydrolysis) is 1. The van der Waals surface area contributed by atoms with Crippen LogP contribution in [0.3, 0.4) is 0 Å². The first kappa shape index (κ1) is 32.9. The second kappa shape index (κ2) is 17.4. The largest absolute Gasteiger partial charge is 0.454 e. The minimum absolute atomic E-state index is 0.0292. The van der Waals surface area contributed by atoms with E-state index in [0.717, 1.165) is 11.1 Å². The molecule has 3 atom stereocenters. The van der Waals surface area contributed by atoms with Gasteiger partial charge in [0.05, 0.1) is 19.1 Å². The van der Waals surface area contributed by atoms with Crippen LogP contribution in [-0.4, -0.2) is 59.6 Å². The Morgan fingerprint density at radius 2 is 1.51 bits per heavy atom. The summed E-state index contributed by atoms with van der Waals surface area (Å²) in [6, 6.07) is 26.6. The third-order valence-corrected chi connectivity index (χ3v) is 7.37. The predicted molar refractivity (Wildman–Crippen MR) is 167 cm³/mol. The van der Waals surface area contributed by atoms with E-state index < -0.39 is 30.1 Å². The third-order valence-electron chi connectivity index (χ3n) is 7.37. The van der Waals surface area contributed by atoms with Crippen LogP contribution in [0.25, 0.3) is 0 Å². The molecule has 1 heterocycles. The van der Waals surface area contributed by atoms with Crippen molar-refractivity contribution >= 4 is 23.9 Å². The van der Waals surface area contributed by atoms with Crippen LogP contribution in [0.5, 0.6) is 0 Å². The van der Waals surface area contributed by atoms with Crippen LogP contribution in [-0.2, 0) is 37.0 Å². The summed E-state index contributed by atoms with van der Waals surface area (Å²) in [6.45, 7) is 0.248. The van der Waals surface area contributed by atoms with Gasteiger partial charge < -0.3 is 30.1 Å². The van der Waals surface area contributed by atoms with Crippen LogP contribution in [0.4, 0.5) is 4.79 Å². The molecule has 3 N–H and O–H groups in total. The summed E-state index contributed by atoms with van der Waals surface area (Å²) in [4.78, 5) is 54.2. The molecule has 0 aliphatic carbocycles. The molecule has 0 bridgehead atoms. The average molecular weight is 614 g/mol. The molecule has 45 heavy (non-hydrogen) atoms. The molecule has 3 amide bonds. The van der Waals surface area contributed by atoms with Gasteiger partial charge in [-0.15, -0.1) is 0 Å². The number of carbonyl (C=O) groups is 4. The van der Waals surface area contributed by atoms with Crippen molar-refractivity contribution in [3.63, 3.8) is 0 Å². The highest BCUT2D eigenvalue weighted by Gasteiger charge is 2.29. The summed E-state index contributed by atoms with van der Waals surface area (Å²) in [7, 11) is 0. The maximum atomic E-state index is 13.4. The van der Waals surface area contributed by atoms with Gasteiger partial charge in [0.25, 0.3) is 0 Å². The van der Waals surface area contributed by atoms with Crippen molar-refractivity contribution in [2.24, 2.45) is 5.92 Å². The number of rotatable bonds is 10. The molecule has 1 aliphatic rings. The molecule has 0 saturated heterocycles. The summed E-state index contributed by atoms with van der Waals surface area (Å²) >= 11 is 0. The second-order valence-electron chi connectivity index (χ2n) is 10.7. The molecule has 10 nitrogen and oxygen atoms in total. The summed E-state index contributed by atoms with van der Waals surface area (Å²) in [5.74, 6) is -2.00. The Morgan fingerprint density at radius 3 is 2.18 bits per heavy atom. The summed E-state index contributed by atoms with van der Waals surface area (Å²) in [5.41, 5.74) is 2.38. The lowest BCUT2D eigenvalue weighted by molar-refractivity contribution is -0.152. The van der Waals surface area contributed by atoms with Gasteiger partial charge in [-0.1, -0.05) is 103 Å². The Hall–Kier alpha value is -4.96. The lowest BCUT2D eigenvalue weighted by atomic mass is 9.97. The van der Waals surface area contributed by atoms with Crippen molar-refractivity contribution in [2.75, 3.05) is 19.7 Å². The quantitative estimate of drug-likeness (QED) is 0.232. The zero-order chi connectivity index (χ0) is 31.9. The van der Waals surface area contributed by atoms with Gasteiger partial charge in [-0.3, -0.25) is 9.59 Å². The van der Waals surface area contributed by atoms with Crippen LogP contribution in [0, 0.1) is 5.92 Å². The maximum absolute atomic E-state index is 13.4. The first-order valence-electron chi connectivity index (χ1n) is 15.0. The van der Waals surface area contributed by atoms with Gasteiger partial charge >= 0.3 is 12.1 Å². The number of aliphatic hydroxyl groups is 1. The number of hydrogen-bond donors (Lipinski definition) is 3. The highest BCUT2D eigenvalue weighted by molar-refractivity contribution is 5.86. The number of cyclic esters (lactones) is 1. The van der Waals surface area contributed by atoms with Crippen LogP contribution in [0.2, 0.25) is 0 Å². The van der Waals surface area contributed by atoms with Crippen LogP contribution >= 0.6 is 0 Å². The fourth-order valence-electron chi connectivity index (χ4n) is 4.91. The van der Waals surface area contributed by atoms with Gasteiger partial charge in [-0.2, -0.15) is 0 Å². The van der Waals surface area contributed by atoms with E-state index >= 15 is 0 Å². The number of benzene rings is 3. The van der Waals surface area contributed by atoms with E-state index in [9.17, 15) is 24.3 Å². The van der Waals surface area contributed by atoms with Gasteiger partial charge in [0.1, 0.15) is 18.8 Å². The van der Waals surface area contributed by atoms with Gasteiger partial charge in [-0.05, 0) is 29.5 Å². The number of nitrogens with zero attached hydrogens (tertiary/aromatic N) is 1. The number of ether oxygens (including phenoxy) is 2. The van der Waals surface area contributed by atoms with Crippen LogP contribution < -0.4 is 10.6 Å². The van der Waals surface area contributed by atoms with Crippen molar-refractivity contribution in [1.29, 1.82) is 0 Å². The molecule has 4 rings (SSSR count). The number of carbonyl (C=O) groups excluding carboxylic acids is 4. The van der Waals surface area contributed by atoms with E-state index in [1.165, 1.54) is 4.90 Å². The molecule has 0 aromatic heterocycles. The Bertz CT molecular complexity index is 1420. The Morgan fingerprint density at radius 1 is 0.889 bits per heavy atom. The van der Waals surface area contributed by atoms with E-state index in [1.807, 2.05) is 66.7 Å². The number of allylic oxidation sites excluding steroid dienone is 1. The highest BCUT2D eigenvalue weighted by Crippen LogP contribution is 2.21. The van der Waals surface area contributed by atoms with Crippen molar-refractivity contribution < 1.29 is 33.8 Å². The Kier molecular flexibility index (Phi) is 12.7. The predicted octanol–water partition coefficient (Wildman–Crippen LogP) is 4.06. The lowest BCUT2D eigenvalue weighted by Gasteiger charge is -2.26. The standard InChI is InChI=1S/C35H39N3O7/c39-21-20-38(24-26-12-4-1-5-13-26)32(40)22-29-18-10-11-19-30(37-35(43)44-25-27-14-6-2-7-15-27)34(42)45-31(23-36-33(29)41)28-16-8-3-9-17-28/h1-17,29-31,39H,18-25H2,(H,36,41)(H,37,43). The molecular formula is C35H39N3O7. The molecule has 3 aromatic carbocycles. The summed E-state index contributed by atoms with van der Waals surface area (Å²) < 4.78 is 11.2. The number of esters is 1. The third kappa shape index (κ3) is 10.6. The van der Waals surface area contributed by atoms with E-state index in [1.54, 1.807) is 36.4 Å². The smallest absolute Gasteiger partial charge is 0.408 e. The van der Waals surface area contributed by atoms with Crippen LogP contribution in [0.15, 0.2) is 103 Å². The molecular weight excluding hydrogens is 574 g/mol. The van der Waals surface area contributed by atoms with Gasteiger partial charge in [0.2, 0.25) is 11.8 Å². The van der Waals surface area contributed by atoms with Crippen molar-refractivity contribution in [3.05, 3.63) is 120 Å². The van der Waals surface area contributed by atoms with E-state index in [2.05, 4.69) is 10.6 Å². The monoisotopic (exact) mass is 613 g/mol. The van der Waals surface area contributed by atoms with Crippen molar-refractivity contribution in [3.8, 4) is 0 Å². The Labute approximate surface area is 263 Å². The average Bonchev–Trinajstić information content (AvgIpc) is 3.06. The van der Waals surface area contributed by atoms with Crippen molar-refractivity contribution in [2.45, 2.75) is 44.6 Å². The first-order valence-corrected chi connectivity index (χ1v) is 15.0. The molecule has 10 heteroatoms. The molecule has 3 aromatic rings. The van der Waals surface area contributed by atoms with E-state index in [-0.39, 0.29) is 57.4 Å². The summed E-state index contributed by atoms with van der Waals surface area (Å²) in [6.07, 6.45) is 2.04. The molecule has 0 radical (unpaired) electrons. The number of aliphatic hydroxyl groups excluding tert-OH is 1. The van der Waals surface area contributed by atoms with Gasteiger partial charge in [0.15, 0.2) is 0 Å². The second-order valence-corrected chi connectivity index (χ2v) is 10.7. The SMILES string of the molecule is O=C(NC1CC=CCC(CC(=O)N(CCO)Cc2ccccc2)C(=O)NCC(c2ccccc2)OC1=O)OCc1ccccc1. The van der Waals surface area contributed by atoms with E-state index in [0.29, 0.717) is 12.1 Å². The Balaban J connectivity index is 1.49. The molecule has 0 fully saturated rings. The highest BCUT2D eigenvalue weighted by atomic mass is 16.6. The van der Waals surface area contributed by atoms with Crippen molar-refractivity contribution in [1.82, 2.24) is 15.5 Å². The molecule has 1 aliphatic heterocycles. The van der Waals surface area contributed by atoms with Gasteiger partial charge in [-0.25, -0.2) is 9.59 Å². The fourth-order valence-corrected chi connectivity index (χ4v) is 4.91. The molecule has 3 unspecified atom stereocenters. The first-order chi connectivity index (χ1) is 21.9. The minimum Gasteiger partial charge on any atom is -0.454 e. The zero-order valence-electron chi connectivity index (χ0n) is 25.0. The number of nitrogens with one attached hydrogen (secondary N) is 2. The normalized spacial score (nSPS) is 18.8. The van der Waals surface area contributed by atoms with E-state index in [4.69, 9.17) is 9.47 Å².